The van der Waals surface area contributed by atoms with E-state index in [4.69, 9.17) is 4.74 Å². The van der Waals surface area contributed by atoms with Crippen molar-refractivity contribution in [2.75, 3.05) is 56.2 Å². The van der Waals surface area contributed by atoms with Gasteiger partial charge in [0.15, 0.2) is 0 Å². The van der Waals surface area contributed by atoms with Crippen LogP contribution in [0.5, 0.6) is 5.75 Å². The number of carbonyl (C=O) groups is 2. The molecule has 3 aromatic carbocycles. The number of rotatable bonds is 10. The molecule has 1 N–H and O–H groups in total. The van der Waals surface area contributed by atoms with E-state index in [-0.39, 0.29) is 24.2 Å². The quantitative estimate of drug-likeness (QED) is 0.350. The number of hydrogen-bond acceptors (Lipinski definition) is 6. The van der Waals surface area contributed by atoms with Crippen molar-refractivity contribution in [1.82, 2.24) is 10.2 Å². The van der Waals surface area contributed by atoms with Crippen LogP contribution >= 0.6 is 11.8 Å². The Labute approximate surface area is 245 Å². The van der Waals surface area contributed by atoms with Crippen molar-refractivity contribution in [3.63, 3.8) is 0 Å². The number of fused-ring (bicyclic) bond motifs is 1. The minimum Gasteiger partial charge on any atom is -0.497 e. The minimum atomic E-state index is -0.581. The first-order chi connectivity index (χ1) is 19.9. The number of anilines is 2. The fourth-order valence-electron chi connectivity index (χ4n) is 5.35. The molecule has 0 spiro atoms. The number of amides is 2. The average Bonchev–Trinajstić information content (AvgIpc) is 3.01. The van der Waals surface area contributed by atoms with Gasteiger partial charge in [-0.1, -0.05) is 37.3 Å². The van der Waals surface area contributed by atoms with E-state index < -0.39 is 11.2 Å². The Hall–Kier alpha value is -3.56. The molecule has 2 amide bonds. The fourth-order valence-corrected chi connectivity index (χ4v) is 6.64. The lowest BCUT2D eigenvalue weighted by atomic mass is 10.0. The fraction of sp³-hybridized carbons (Fsp3) is 0.375. The molecule has 7 nitrogen and oxygen atoms in total. The molecular weight excluding hydrogens is 539 g/mol. The number of halogens is 1. The summed E-state index contributed by atoms with van der Waals surface area (Å²) in [5.74, 6) is -0.322. The zero-order valence-corrected chi connectivity index (χ0v) is 24.4. The summed E-state index contributed by atoms with van der Waals surface area (Å²) in [5, 5.41) is 2.47. The summed E-state index contributed by atoms with van der Waals surface area (Å²) < 4.78 is 19.7. The zero-order chi connectivity index (χ0) is 28.8. The Kier molecular flexibility index (Phi) is 9.46. The van der Waals surface area contributed by atoms with E-state index in [9.17, 15) is 14.0 Å². The van der Waals surface area contributed by atoms with Crippen LogP contribution in [0.1, 0.15) is 18.9 Å². The molecule has 2 atom stereocenters. The van der Waals surface area contributed by atoms with Gasteiger partial charge >= 0.3 is 0 Å². The van der Waals surface area contributed by atoms with Crippen molar-refractivity contribution in [1.29, 1.82) is 0 Å². The molecule has 1 saturated heterocycles. The maximum Gasteiger partial charge on any atom is 0.241 e. The van der Waals surface area contributed by atoms with Crippen LogP contribution in [0.3, 0.4) is 0 Å². The molecule has 9 heteroatoms. The van der Waals surface area contributed by atoms with E-state index in [1.54, 1.807) is 37.1 Å². The highest BCUT2D eigenvalue weighted by molar-refractivity contribution is 8.01. The van der Waals surface area contributed by atoms with Gasteiger partial charge in [-0.05, 0) is 55.4 Å². The summed E-state index contributed by atoms with van der Waals surface area (Å²) >= 11 is 1.42. The van der Waals surface area contributed by atoms with Gasteiger partial charge in [-0.3, -0.25) is 14.5 Å². The first-order valence-electron chi connectivity index (χ1n) is 14.1. The second kappa shape index (κ2) is 13.4. The number of hydrogen-bond donors (Lipinski definition) is 1. The number of ether oxygens (including phenoxy) is 1. The third-order valence-electron chi connectivity index (χ3n) is 7.83. The van der Waals surface area contributed by atoms with Crippen molar-refractivity contribution in [2.24, 2.45) is 5.92 Å². The third-order valence-corrected chi connectivity index (χ3v) is 9.30. The molecule has 3 aromatic rings. The number of piperazine rings is 1. The van der Waals surface area contributed by atoms with Crippen molar-refractivity contribution in [2.45, 2.75) is 30.0 Å². The molecule has 0 aromatic heterocycles. The molecule has 0 radical (unpaired) electrons. The molecule has 0 bridgehead atoms. The van der Waals surface area contributed by atoms with Crippen molar-refractivity contribution in [3.05, 3.63) is 84.2 Å². The molecule has 0 saturated carbocycles. The molecule has 0 aliphatic carbocycles. The van der Waals surface area contributed by atoms with Crippen LogP contribution in [0.2, 0.25) is 0 Å². The topological polar surface area (TPSA) is 65.1 Å². The van der Waals surface area contributed by atoms with E-state index in [2.05, 4.69) is 27.2 Å². The van der Waals surface area contributed by atoms with Gasteiger partial charge < -0.3 is 19.9 Å². The SMILES string of the molecule is COc1ccc(N2CCN(CCCNC(=O)[C@@H](C)[C@@H]3Sc4ccccc4N(Cc4ccccc4F)C3=O)CC2)cc1. The van der Waals surface area contributed by atoms with Crippen LogP contribution in [0, 0.1) is 11.7 Å². The van der Waals surface area contributed by atoms with E-state index in [0.717, 1.165) is 55.5 Å². The first-order valence-corrected chi connectivity index (χ1v) is 15.0. The summed E-state index contributed by atoms with van der Waals surface area (Å²) in [6.45, 7) is 7.26. The van der Waals surface area contributed by atoms with Gasteiger partial charge in [0.25, 0.3) is 0 Å². The summed E-state index contributed by atoms with van der Waals surface area (Å²) in [6, 6.07) is 22.3. The zero-order valence-electron chi connectivity index (χ0n) is 23.6. The van der Waals surface area contributed by atoms with Gasteiger partial charge in [0.2, 0.25) is 11.8 Å². The Morgan fingerprint density at radius 2 is 1.73 bits per heavy atom. The highest BCUT2D eigenvalue weighted by Crippen LogP contribution is 2.42. The third kappa shape index (κ3) is 6.85. The summed E-state index contributed by atoms with van der Waals surface area (Å²) in [7, 11) is 1.67. The lowest BCUT2D eigenvalue weighted by Crippen LogP contribution is -2.48. The number of thioether (sulfide) groups is 1. The van der Waals surface area contributed by atoms with Crippen LogP contribution in [0.4, 0.5) is 15.8 Å². The second-order valence-corrected chi connectivity index (χ2v) is 11.7. The van der Waals surface area contributed by atoms with Crippen molar-refractivity contribution < 1.29 is 18.7 Å². The van der Waals surface area contributed by atoms with E-state index >= 15 is 0 Å². The number of nitrogens with zero attached hydrogens (tertiary/aromatic N) is 3. The van der Waals surface area contributed by atoms with Crippen LogP contribution in [-0.2, 0) is 16.1 Å². The van der Waals surface area contributed by atoms with Gasteiger partial charge in [-0.2, -0.15) is 0 Å². The predicted molar refractivity (Wildman–Crippen MR) is 162 cm³/mol. The van der Waals surface area contributed by atoms with Crippen molar-refractivity contribution >= 4 is 35.0 Å². The highest BCUT2D eigenvalue weighted by atomic mass is 32.2. The molecule has 2 aliphatic heterocycles. The molecule has 5 rings (SSSR count). The number of benzene rings is 3. The molecule has 216 valence electrons. The normalized spacial score (nSPS) is 18.1. The molecule has 41 heavy (non-hydrogen) atoms. The molecule has 1 fully saturated rings. The van der Waals surface area contributed by atoms with Gasteiger partial charge in [0.05, 0.1) is 25.3 Å². The van der Waals surface area contributed by atoms with Crippen LogP contribution in [0.25, 0.3) is 0 Å². The Morgan fingerprint density at radius 3 is 2.46 bits per heavy atom. The Morgan fingerprint density at radius 1 is 1.02 bits per heavy atom. The predicted octanol–water partition coefficient (Wildman–Crippen LogP) is 4.81. The number of carbonyl (C=O) groups excluding carboxylic acids is 2. The van der Waals surface area contributed by atoms with Crippen molar-refractivity contribution in [3.8, 4) is 5.75 Å². The van der Waals surface area contributed by atoms with Gasteiger partial charge in [0.1, 0.15) is 16.8 Å². The van der Waals surface area contributed by atoms with Crippen LogP contribution in [-0.4, -0.2) is 68.3 Å². The van der Waals surface area contributed by atoms with E-state index in [0.29, 0.717) is 12.1 Å². The lowest BCUT2D eigenvalue weighted by Gasteiger charge is -2.36. The number of methoxy groups -OCH3 is 1. The molecule has 2 heterocycles. The summed E-state index contributed by atoms with van der Waals surface area (Å²) in [6.07, 6.45) is 0.842. The van der Waals surface area contributed by atoms with Gasteiger partial charge in [-0.15, -0.1) is 11.8 Å². The Balaban J connectivity index is 1.11. The standard InChI is InChI=1S/C32H37FN4O3S/c1-23(30-32(39)37(22-24-8-3-4-9-27(24)33)28-10-5-6-11-29(28)41-30)31(38)34-16-7-17-35-18-20-36(21-19-35)25-12-14-26(40-2)15-13-25/h3-6,8-15,23,30H,7,16-22H2,1-2H3,(H,34,38)/t23-,30-/m0/s1. The Bertz CT molecular complexity index is 1350. The largest absolute Gasteiger partial charge is 0.497 e. The van der Waals surface area contributed by atoms with E-state index in [1.165, 1.54) is 23.5 Å². The minimum absolute atomic E-state index is 0.125. The smallest absolute Gasteiger partial charge is 0.241 e. The van der Waals surface area contributed by atoms with Crippen LogP contribution in [0.15, 0.2) is 77.7 Å². The monoisotopic (exact) mass is 576 g/mol. The average molecular weight is 577 g/mol. The molecule has 0 unspecified atom stereocenters. The lowest BCUT2D eigenvalue weighted by molar-refractivity contribution is -0.128. The van der Waals surface area contributed by atoms with Gasteiger partial charge in [-0.25, -0.2) is 4.39 Å². The maximum absolute atomic E-state index is 14.4. The summed E-state index contributed by atoms with van der Waals surface area (Å²) in [5.41, 5.74) is 2.40. The highest BCUT2D eigenvalue weighted by Gasteiger charge is 2.39. The number of para-hydroxylation sites is 1. The number of nitrogens with one attached hydrogen (secondary N) is 1. The van der Waals surface area contributed by atoms with Gasteiger partial charge in [0, 0.05) is 48.9 Å². The van der Waals surface area contributed by atoms with Crippen LogP contribution < -0.4 is 19.9 Å². The molecule has 2 aliphatic rings. The summed E-state index contributed by atoms with van der Waals surface area (Å²) in [4.78, 5) is 34.1. The molecular formula is C32H37FN4O3S. The maximum atomic E-state index is 14.4. The first kappa shape index (κ1) is 29.0. The van der Waals surface area contributed by atoms with E-state index in [1.807, 2.05) is 36.4 Å². The second-order valence-electron chi connectivity index (χ2n) is 10.5.